The van der Waals surface area contributed by atoms with Crippen LogP contribution in [0.15, 0.2) is 24.3 Å². The van der Waals surface area contributed by atoms with Crippen molar-refractivity contribution in [3.05, 3.63) is 35.4 Å². The molecular formula is C12H17N3O2. The largest absolute Gasteiger partial charge is 0.462 e. The molecule has 1 rings (SSSR count). The fraction of sp³-hybridized carbons (Fsp3) is 0.333. The van der Waals surface area contributed by atoms with Crippen molar-refractivity contribution in [3.8, 4) is 0 Å². The Labute approximate surface area is 101 Å². The summed E-state index contributed by atoms with van der Waals surface area (Å²) in [7, 11) is 1.74. The number of carbonyl (C=O) groups is 1. The van der Waals surface area contributed by atoms with Crippen LogP contribution in [0.5, 0.6) is 0 Å². The van der Waals surface area contributed by atoms with Crippen LogP contribution in [-0.2, 0) is 11.3 Å². The molecule has 0 amide bonds. The average molecular weight is 235 g/mol. The first-order valence-corrected chi connectivity index (χ1v) is 5.35. The minimum Gasteiger partial charge on any atom is -0.462 e. The van der Waals surface area contributed by atoms with Gasteiger partial charge in [0, 0.05) is 13.6 Å². The van der Waals surface area contributed by atoms with E-state index in [0.29, 0.717) is 18.7 Å². The maximum atomic E-state index is 11.4. The van der Waals surface area contributed by atoms with Crippen LogP contribution in [0.4, 0.5) is 0 Å². The van der Waals surface area contributed by atoms with Gasteiger partial charge in [0.15, 0.2) is 5.96 Å². The molecule has 0 aliphatic heterocycles. The second-order valence-electron chi connectivity index (χ2n) is 3.66. The van der Waals surface area contributed by atoms with Gasteiger partial charge in [0.05, 0.1) is 12.2 Å². The first kappa shape index (κ1) is 13.0. The topological polar surface area (TPSA) is 79.4 Å². The van der Waals surface area contributed by atoms with Gasteiger partial charge in [-0.15, -0.1) is 0 Å². The van der Waals surface area contributed by atoms with Crippen molar-refractivity contribution >= 4 is 11.9 Å². The Balaban J connectivity index is 2.68. The number of guanidine groups is 1. The molecule has 0 atom stereocenters. The van der Waals surface area contributed by atoms with Crippen molar-refractivity contribution in [2.45, 2.75) is 13.5 Å². The van der Waals surface area contributed by atoms with Gasteiger partial charge in [-0.25, -0.2) is 4.79 Å². The van der Waals surface area contributed by atoms with E-state index >= 15 is 0 Å². The van der Waals surface area contributed by atoms with Crippen LogP contribution < -0.4 is 5.73 Å². The number of nitrogens with two attached hydrogens (primary N) is 1. The highest BCUT2D eigenvalue weighted by molar-refractivity contribution is 5.89. The van der Waals surface area contributed by atoms with Gasteiger partial charge in [-0.3, -0.25) is 5.41 Å². The number of hydrogen-bond donors (Lipinski definition) is 2. The van der Waals surface area contributed by atoms with Crippen molar-refractivity contribution in [3.63, 3.8) is 0 Å². The van der Waals surface area contributed by atoms with Crippen molar-refractivity contribution in [1.29, 1.82) is 5.41 Å². The Morgan fingerprint density at radius 1 is 1.41 bits per heavy atom. The van der Waals surface area contributed by atoms with Crippen molar-refractivity contribution in [2.75, 3.05) is 13.7 Å². The third kappa shape index (κ3) is 3.79. The molecule has 0 aromatic heterocycles. The number of carbonyl (C=O) groups excluding carboxylic acids is 1. The minimum absolute atomic E-state index is 0.0134. The zero-order valence-corrected chi connectivity index (χ0v) is 10.1. The summed E-state index contributed by atoms with van der Waals surface area (Å²) in [6.07, 6.45) is 0. The Morgan fingerprint density at radius 2 is 2.00 bits per heavy atom. The lowest BCUT2D eigenvalue weighted by Gasteiger charge is -2.16. The van der Waals surface area contributed by atoms with Crippen LogP contribution in [-0.4, -0.2) is 30.5 Å². The molecule has 0 heterocycles. The number of hydrogen-bond acceptors (Lipinski definition) is 3. The van der Waals surface area contributed by atoms with E-state index in [2.05, 4.69) is 0 Å². The average Bonchev–Trinajstić information content (AvgIpc) is 2.30. The summed E-state index contributed by atoms with van der Waals surface area (Å²) < 4.78 is 4.88. The molecule has 5 heteroatoms. The molecule has 0 unspecified atom stereocenters. The Bertz CT molecular complexity index is 401. The summed E-state index contributed by atoms with van der Waals surface area (Å²) in [5, 5.41) is 7.24. The van der Waals surface area contributed by atoms with Gasteiger partial charge in [0.1, 0.15) is 0 Å². The highest BCUT2D eigenvalue weighted by atomic mass is 16.5. The third-order valence-electron chi connectivity index (χ3n) is 2.30. The van der Waals surface area contributed by atoms with Crippen LogP contribution in [0.25, 0.3) is 0 Å². The number of ether oxygens (including phenoxy) is 1. The van der Waals surface area contributed by atoms with E-state index in [1.807, 2.05) is 12.1 Å². The molecule has 0 radical (unpaired) electrons. The summed E-state index contributed by atoms with van der Waals surface area (Å²) in [5.74, 6) is -0.307. The van der Waals surface area contributed by atoms with Crippen LogP contribution in [0.2, 0.25) is 0 Å². The summed E-state index contributed by atoms with van der Waals surface area (Å²) in [4.78, 5) is 13.0. The van der Waals surface area contributed by atoms with Crippen LogP contribution >= 0.6 is 0 Å². The monoisotopic (exact) mass is 235 g/mol. The molecule has 1 aromatic carbocycles. The van der Waals surface area contributed by atoms with Gasteiger partial charge < -0.3 is 15.4 Å². The highest BCUT2D eigenvalue weighted by Crippen LogP contribution is 2.07. The second kappa shape index (κ2) is 5.89. The molecule has 0 fully saturated rings. The molecule has 0 aliphatic carbocycles. The lowest BCUT2D eigenvalue weighted by atomic mass is 10.1. The van der Waals surface area contributed by atoms with Gasteiger partial charge in [-0.05, 0) is 24.6 Å². The van der Waals surface area contributed by atoms with E-state index in [9.17, 15) is 4.79 Å². The predicted molar refractivity (Wildman–Crippen MR) is 65.8 cm³/mol. The quantitative estimate of drug-likeness (QED) is 0.466. The maximum Gasteiger partial charge on any atom is 0.338 e. The summed E-state index contributed by atoms with van der Waals surface area (Å²) >= 11 is 0. The fourth-order valence-corrected chi connectivity index (χ4v) is 1.32. The standard InChI is InChI=1S/C12H17N3O2/c1-3-17-11(16)10-6-4-9(5-7-10)8-15(2)12(13)14/h4-7H,3,8H2,1-2H3,(H3,13,14). The summed E-state index contributed by atoms with van der Waals surface area (Å²) in [6.45, 7) is 2.68. The molecule has 0 spiro atoms. The lowest BCUT2D eigenvalue weighted by molar-refractivity contribution is 0.0526. The van der Waals surface area contributed by atoms with E-state index in [-0.39, 0.29) is 11.9 Å². The van der Waals surface area contributed by atoms with E-state index in [1.165, 1.54) is 0 Å². The van der Waals surface area contributed by atoms with Crippen molar-refractivity contribution in [2.24, 2.45) is 5.73 Å². The van der Waals surface area contributed by atoms with Crippen LogP contribution in [0.1, 0.15) is 22.8 Å². The van der Waals surface area contributed by atoms with Gasteiger partial charge in [-0.1, -0.05) is 12.1 Å². The molecule has 0 saturated heterocycles. The molecular weight excluding hydrogens is 218 g/mol. The summed E-state index contributed by atoms with van der Waals surface area (Å²) in [6, 6.07) is 7.07. The molecule has 0 bridgehead atoms. The van der Waals surface area contributed by atoms with E-state index in [4.69, 9.17) is 15.9 Å². The van der Waals surface area contributed by atoms with Gasteiger partial charge >= 0.3 is 5.97 Å². The van der Waals surface area contributed by atoms with E-state index < -0.39 is 0 Å². The van der Waals surface area contributed by atoms with Crippen LogP contribution in [0.3, 0.4) is 0 Å². The normalized spacial score (nSPS) is 9.76. The number of benzene rings is 1. The molecule has 3 N–H and O–H groups in total. The molecule has 0 saturated carbocycles. The predicted octanol–water partition coefficient (Wildman–Crippen LogP) is 1.19. The molecule has 92 valence electrons. The maximum absolute atomic E-state index is 11.4. The van der Waals surface area contributed by atoms with Gasteiger partial charge in [0.2, 0.25) is 0 Å². The third-order valence-corrected chi connectivity index (χ3v) is 2.30. The van der Waals surface area contributed by atoms with Crippen LogP contribution in [0, 0.1) is 5.41 Å². The highest BCUT2D eigenvalue weighted by Gasteiger charge is 2.06. The zero-order valence-electron chi connectivity index (χ0n) is 10.1. The Morgan fingerprint density at radius 3 is 2.47 bits per heavy atom. The Kier molecular flexibility index (Phi) is 4.51. The van der Waals surface area contributed by atoms with Crippen molar-refractivity contribution < 1.29 is 9.53 Å². The minimum atomic E-state index is -0.320. The molecule has 5 nitrogen and oxygen atoms in total. The smallest absolute Gasteiger partial charge is 0.338 e. The lowest BCUT2D eigenvalue weighted by Crippen LogP contribution is -2.32. The zero-order chi connectivity index (χ0) is 12.8. The first-order valence-electron chi connectivity index (χ1n) is 5.35. The Hall–Kier alpha value is -2.04. The second-order valence-corrected chi connectivity index (χ2v) is 3.66. The molecule has 0 aliphatic rings. The van der Waals surface area contributed by atoms with E-state index in [0.717, 1.165) is 5.56 Å². The number of nitrogens with zero attached hydrogens (tertiary/aromatic N) is 1. The number of nitrogens with one attached hydrogen (secondary N) is 1. The fourth-order valence-electron chi connectivity index (χ4n) is 1.32. The molecule has 1 aromatic rings. The number of esters is 1. The first-order chi connectivity index (χ1) is 8.04. The van der Waals surface area contributed by atoms with Gasteiger partial charge in [-0.2, -0.15) is 0 Å². The number of rotatable bonds is 4. The SMILES string of the molecule is CCOC(=O)c1ccc(CN(C)C(=N)N)cc1. The summed E-state index contributed by atoms with van der Waals surface area (Å²) in [5.41, 5.74) is 6.85. The van der Waals surface area contributed by atoms with Gasteiger partial charge in [0.25, 0.3) is 0 Å². The molecule has 17 heavy (non-hydrogen) atoms. The van der Waals surface area contributed by atoms with Crippen molar-refractivity contribution in [1.82, 2.24) is 4.90 Å². The van der Waals surface area contributed by atoms with E-state index in [1.54, 1.807) is 31.0 Å².